The molecule has 2 N–H and O–H groups in total. The quantitative estimate of drug-likeness (QED) is 0.332. The Hall–Kier alpha value is -1.73. The van der Waals surface area contributed by atoms with Crippen molar-refractivity contribution in [2.24, 2.45) is 4.99 Å². The van der Waals surface area contributed by atoms with Crippen LogP contribution in [0.2, 0.25) is 0 Å². The summed E-state index contributed by atoms with van der Waals surface area (Å²) in [6, 6.07) is 8.01. The molecule has 0 spiro atoms. The van der Waals surface area contributed by atoms with Crippen molar-refractivity contribution in [2.45, 2.75) is 17.3 Å². The summed E-state index contributed by atoms with van der Waals surface area (Å²) in [5.74, 6) is 2.73. The molecule has 1 aromatic heterocycles. The largest absolute Gasteiger partial charge is 0.497 e. The number of guanidine groups is 1. The lowest BCUT2D eigenvalue weighted by Crippen LogP contribution is -2.37. The van der Waals surface area contributed by atoms with E-state index in [1.165, 1.54) is 0 Å². The Labute approximate surface area is 145 Å². The van der Waals surface area contributed by atoms with Crippen LogP contribution < -0.4 is 15.4 Å². The monoisotopic (exact) mass is 350 g/mol. The lowest BCUT2D eigenvalue weighted by atomic mass is 10.2. The number of nitrogens with one attached hydrogen (secondary N) is 2. The average Bonchev–Trinajstić information content (AvgIpc) is 3.11. The number of methoxy groups -OCH3 is 1. The first-order valence-corrected chi connectivity index (χ1v) is 9.28. The van der Waals surface area contributed by atoms with E-state index in [0.717, 1.165) is 40.3 Å². The van der Waals surface area contributed by atoms with Crippen molar-refractivity contribution in [1.29, 1.82) is 0 Å². The van der Waals surface area contributed by atoms with Crippen molar-refractivity contribution >= 4 is 29.1 Å². The van der Waals surface area contributed by atoms with Crippen LogP contribution in [0.25, 0.3) is 0 Å². The Morgan fingerprint density at radius 2 is 2.30 bits per heavy atom. The minimum atomic E-state index is 0.713. The van der Waals surface area contributed by atoms with E-state index in [2.05, 4.69) is 26.7 Å². The van der Waals surface area contributed by atoms with E-state index in [4.69, 9.17) is 4.74 Å². The summed E-state index contributed by atoms with van der Waals surface area (Å²) in [5, 5.41) is 8.64. The number of thioether (sulfide) groups is 1. The van der Waals surface area contributed by atoms with Gasteiger partial charge in [0.15, 0.2) is 5.96 Å². The summed E-state index contributed by atoms with van der Waals surface area (Å²) in [4.78, 5) is 8.50. The van der Waals surface area contributed by atoms with Crippen molar-refractivity contribution in [3.63, 3.8) is 0 Å². The van der Waals surface area contributed by atoms with Gasteiger partial charge in [-0.15, -0.1) is 11.3 Å². The smallest absolute Gasteiger partial charge is 0.191 e. The maximum Gasteiger partial charge on any atom is 0.191 e. The first-order chi connectivity index (χ1) is 11.3. The van der Waals surface area contributed by atoms with Crippen LogP contribution in [-0.2, 0) is 6.54 Å². The molecule has 2 rings (SSSR count). The van der Waals surface area contributed by atoms with E-state index < -0.39 is 0 Å². The van der Waals surface area contributed by atoms with Crippen LogP contribution in [0, 0.1) is 0 Å². The van der Waals surface area contributed by atoms with E-state index in [-0.39, 0.29) is 0 Å². The Morgan fingerprint density at radius 3 is 3.04 bits per heavy atom. The molecule has 5 nitrogen and oxygen atoms in total. The summed E-state index contributed by atoms with van der Waals surface area (Å²) in [5.41, 5.74) is 1.16. The molecule has 0 amide bonds. The van der Waals surface area contributed by atoms with Crippen LogP contribution in [-0.4, -0.2) is 37.4 Å². The second-order valence-corrected chi connectivity index (χ2v) is 6.94. The predicted octanol–water partition coefficient (Wildman–Crippen LogP) is 3.00. The Bertz CT molecular complexity index is 602. The van der Waals surface area contributed by atoms with Gasteiger partial charge in [0.05, 0.1) is 7.11 Å². The minimum Gasteiger partial charge on any atom is -0.497 e. The molecule has 2 aromatic rings. The van der Waals surface area contributed by atoms with Gasteiger partial charge in [-0.25, -0.2) is 4.98 Å². The molecule has 0 saturated heterocycles. The fraction of sp³-hybridized carbons (Fsp3) is 0.375. The maximum atomic E-state index is 5.23. The van der Waals surface area contributed by atoms with Crippen LogP contribution in [0.3, 0.4) is 0 Å². The lowest BCUT2D eigenvalue weighted by Gasteiger charge is -2.12. The van der Waals surface area contributed by atoms with Gasteiger partial charge in [0.2, 0.25) is 0 Å². The van der Waals surface area contributed by atoms with E-state index in [1.54, 1.807) is 37.3 Å². The Morgan fingerprint density at radius 1 is 1.39 bits per heavy atom. The van der Waals surface area contributed by atoms with Crippen LogP contribution in [0.1, 0.15) is 12.0 Å². The standard InChI is InChI=1S/C16H22N4OS2/c1-17-15(18-7-4-9-22-16-19-8-10-23-16)20-12-13-5-3-6-14(11-13)21-2/h3,5-6,8,10-11H,4,7,9,12H2,1-2H3,(H2,17,18,20). The van der Waals surface area contributed by atoms with Gasteiger partial charge in [0.1, 0.15) is 10.1 Å². The summed E-state index contributed by atoms with van der Waals surface area (Å²) >= 11 is 3.48. The zero-order valence-corrected chi connectivity index (χ0v) is 15.0. The van der Waals surface area contributed by atoms with Gasteiger partial charge in [0.25, 0.3) is 0 Å². The zero-order chi connectivity index (χ0) is 16.3. The lowest BCUT2D eigenvalue weighted by molar-refractivity contribution is 0.414. The molecule has 1 heterocycles. The molecule has 0 atom stereocenters. The van der Waals surface area contributed by atoms with Crippen molar-refractivity contribution in [2.75, 3.05) is 26.5 Å². The third kappa shape index (κ3) is 6.50. The number of thiazole rings is 1. The third-order valence-electron chi connectivity index (χ3n) is 3.07. The fourth-order valence-corrected chi connectivity index (χ4v) is 3.56. The number of ether oxygens (including phenoxy) is 1. The average molecular weight is 351 g/mol. The number of hydrogen-bond acceptors (Lipinski definition) is 5. The van der Waals surface area contributed by atoms with Gasteiger partial charge in [0, 0.05) is 37.5 Å². The first-order valence-electron chi connectivity index (χ1n) is 7.41. The highest BCUT2D eigenvalue weighted by Crippen LogP contribution is 2.20. The number of benzene rings is 1. The molecule has 0 saturated carbocycles. The molecular weight excluding hydrogens is 328 g/mol. The number of rotatable bonds is 8. The molecule has 1 aromatic carbocycles. The van der Waals surface area contributed by atoms with Gasteiger partial charge in [-0.1, -0.05) is 23.9 Å². The van der Waals surface area contributed by atoms with Gasteiger partial charge in [-0.2, -0.15) is 0 Å². The Balaban J connectivity index is 1.64. The third-order valence-corrected chi connectivity index (χ3v) is 5.12. The zero-order valence-electron chi connectivity index (χ0n) is 13.4. The molecule has 124 valence electrons. The van der Waals surface area contributed by atoms with Gasteiger partial charge in [-0.05, 0) is 24.1 Å². The number of aliphatic imine (C=N–C) groups is 1. The number of aromatic nitrogens is 1. The molecule has 0 aliphatic heterocycles. The predicted molar refractivity (Wildman–Crippen MR) is 98.7 cm³/mol. The molecule has 0 fully saturated rings. The minimum absolute atomic E-state index is 0.713. The highest BCUT2D eigenvalue weighted by Gasteiger charge is 2.00. The van der Waals surface area contributed by atoms with E-state index in [0.29, 0.717) is 6.54 Å². The van der Waals surface area contributed by atoms with Crippen molar-refractivity contribution < 1.29 is 4.74 Å². The molecule has 0 unspecified atom stereocenters. The van der Waals surface area contributed by atoms with Crippen molar-refractivity contribution in [3.05, 3.63) is 41.4 Å². The Kier molecular flexibility index (Phi) is 7.75. The summed E-state index contributed by atoms with van der Waals surface area (Å²) in [6.07, 6.45) is 2.90. The van der Waals surface area contributed by atoms with Crippen LogP contribution in [0.5, 0.6) is 5.75 Å². The number of hydrogen-bond donors (Lipinski definition) is 2. The van der Waals surface area contributed by atoms with Crippen LogP contribution in [0.4, 0.5) is 0 Å². The molecular formula is C16H22N4OS2. The van der Waals surface area contributed by atoms with Crippen LogP contribution in [0.15, 0.2) is 45.2 Å². The van der Waals surface area contributed by atoms with Gasteiger partial charge < -0.3 is 15.4 Å². The second kappa shape index (κ2) is 10.1. The number of nitrogens with zero attached hydrogens (tertiary/aromatic N) is 2. The highest BCUT2D eigenvalue weighted by molar-refractivity contribution is 8.00. The van der Waals surface area contributed by atoms with E-state index in [9.17, 15) is 0 Å². The van der Waals surface area contributed by atoms with Crippen molar-refractivity contribution in [1.82, 2.24) is 15.6 Å². The first kappa shape index (κ1) is 17.6. The normalized spacial score (nSPS) is 11.3. The summed E-state index contributed by atoms with van der Waals surface area (Å²) in [6.45, 7) is 1.60. The van der Waals surface area contributed by atoms with Crippen LogP contribution >= 0.6 is 23.1 Å². The summed E-state index contributed by atoms with van der Waals surface area (Å²) in [7, 11) is 3.46. The van der Waals surface area contributed by atoms with Gasteiger partial charge in [-0.3, -0.25) is 4.99 Å². The second-order valence-electron chi connectivity index (χ2n) is 4.70. The highest BCUT2D eigenvalue weighted by atomic mass is 32.2. The summed E-state index contributed by atoms with van der Waals surface area (Å²) < 4.78 is 6.36. The SMILES string of the molecule is CN=C(NCCCSc1nccs1)NCc1cccc(OC)c1. The van der Waals surface area contributed by atoms with Gasteiger partial charge >= 0.3 is 0 Å². The topological polar surface area (TPSA) is 58.5 Å². The molecule has 0 bridgehead atoms. The molecule has 7 heteroatoms. The fourth-order valence-electron chi connectivity index (χ4n) is 1.91. The van der Waals surface area contributed by atoms with E-state index in [1.807, 2.05) is 29.8 Å². The molecule has 0 radical (unpaired) electrons. The maximum absolute atomic E-state index is 5.23. The molecule has 0 aliphatic rings. The molecule has 0 aliphatic carbocycles. The molecule has 23 heavy (non-hydrogen) atoms. The van der Waals surface area contributed by atoms with E-state index >= 15 is 0 Å². The van der Waals surface area contributed by atoms with Crippen molar-refractivity contribution in [3.8, 4) is 5.75 Å².